The number of H-pyrrole nitrogens is 1. The van der Waals surface area contributed by atoms with E-state index in [4.69, 9.17) is 0 Å². The highest BCUT2D eigenvalue weighted by Gasteiger charge is 2.09. The van der Waals surface area contributed by atoms with Crippen molar-refractivity contribution in [3.05, 3.63) is 62.8 Å². The second-order valence-electron chi connectivity index (χ2n) is 5.86. The van der Waals surface area contributed by atoms with Crippen molar-refractivity contribution in [2.45, 2.75) is 45.7 Å². The molecule has 0 spiro atoms. The van der Waals surface area contributed by atoms with E-state index in [1.807, 2.05) is 39.0 Å². The van der Waals surface area contributed by atoms with Gasteiger partial charge in [-0.25, -0.2) is 4.79 Å². The van der Waals surface area contributed by atoms with Crippen LogP contribution in [-0.4, -0.2) is 15.6 Å². The third kappa shape index (κ3) is 4.10. The molecule has 0 aliphatic carbocycles. The molecule has 122 valence electrons. The Morgan fingerprint density at radius 3 is 2.45 bits per heavy atom. The second kappa shape index (κ2) is 7.11. The lowest BCUT2D eigenvalue weighted by Gasteiger charge is -2.16. The molecule has 0 fully saturated rings. The molecule has 1 heterocycles. The van der Waals surface area contributed by atoms with Crippen molar-refractivity contribution in [2.75, 3.05) is 5.32 Å². The molecule has 0 amide bonds. The fourth-order valence-electron chi connectivity index (χ4n) is 2.44. The summed E-state index contributed by atoms with van der Waals surface area (Å²) in [4.78, 5) is 26.6. The summed E-state index contributed by atoms with van der Waals surface area (Å²) >= 11 is 0. The second-order valence-corrected chi connectivity index (χ2v) is 5.86. The smallest absolute Gasteiger partial charge is 0.330 e. The Morgan fingerprint density at radius 2 is 1.86 bits per heavy atom. The highest BCUT2D eigenvalue weighted by Crippen LogP contribution is 2.08. The number of rotatable bonds is 6. The van der Waals surface area contributed by atoms with Crippen LogP contribution in [0.3, 0.4) is 0 Å². The van der Waals surface area contributed by atoms with Crippen LogP contribution in [0.1, 0.15) is 41.7 Å². The third-order valence-electron chi connectivity index (χ3n) is 3.59. The van der Waals surface area contributed by atoms with Crippen LogP contribution in [0.15, 0.2) is 46.0 Å². The van der Waals surface area contributed by atoms with Crippen molar-refractivity contribution in [3.8, 4) is 0 Å². The molecule has 5 heteroatoms. The largest absolute Gasteiger partial charge is 0.369 e. The Balaban J connectivity index is 0.00000264. The zero-order valence-corrected chi connectivity index (χ0v) is 13.3. The Morgan fingerprint density at radius 1 is 1.18 bits per heavy atom. The lowest BCUT2D eigenvalue weighted by Crippen LogP contribution is -2.37. The van der Waals surface area contributed by atoms with Gasteiger partial charge in [0.2, 0.25) is 0 Å². The SMILES string of the molecule is CC(C)n1c(=O)cc(N[C@@H](C)CCc2ccccc2)[nH]c1=O.[HH].[HH]. The molecule has 0 saturated carbocycles. The lowest BCUT2D eigenvalue weighted by atomic mass is 10.1. The van der Waals surface area contributed by atoms with Gasteiger partial charge in [0.1, 0.15) is 5.82 Å². The van der Waals surface area contributed by atoms with Crippen LogP contribution in [-0.2, 0) is 6.42 Å². The van der Waals surface area contributed by atoms with Gasteiger partial charge in [-0.1, -0.05) is 30.3 Å². The summed E-state index contributed by atoms with van der Waals surface area (Å²) in [5.41, 5.74) is 0.622. The number of aryl methyl sites for hydroxylation is 1. The molecule has 2 N–H and O–H groups in total. The molecule has 1 atom stereocenters. The van der Waals surface area contributed by atoms with Gasteiger partial charge in [-0.3, -0.25) is 14.3 Å². The van der Waals surface area contributed by atoms with E-state index in [2.05, 4.69) is 22.4 Å². The van der Waals surface area contributed by atoms with Crippen LogP contribution < -0.4 is 16.6 Å². The Hall–Kier alpha value is -2.30. The molecule has 1 aromatic heterocycles. The van der Waals surface area contributed by atoms with E-state index in [0.717, 1.165) is 12.8 Å². The molecule has 22 heavy (non-hydrogen) atoms. The van der Waals surface area contributed by atoms with Crippen LogP contribution >= 0.6 is 0 Å². The Kier molecular flexibility index (Phi) is 5.20. The molecule has 5 nitrogen and oxygen atoms in total. The minimum absolute atomic E-state index is 0. The summed E-state index contributed by atoms with van der Waals surface area (Å²) in [6.07, 6.45) is 1.86. The van der Waals surface area contributed by atoms with E-state index < -0.39 is 0 Å². The topological polar surface area (TPSA) is 66.9 Å². The molecule has 2 aromatic rings. The maximum Gasteiger partial charge on any atom is 0.330 e. The van der Waals surface area contributed by atoms with Gasteiger partial charge in [0, 0.05) is 21.0 Å². The molecular weight excluding hydrogens is 278 g/mol. The lowest BCUT2D eigenvalue weighted by molar-refractivity contribution is 0.546. The first kappa shape index (κ1) is 16.1. The van der Waals surface area contributed by atoms with E-state index in [9.17, 15) is 9.59 Å². The van der Waals surface area contributed by atoms with Crippen LogP contribution in [0.2, 0.25) is 0 Å². The Labute approximate surface area is 133 Å². The first-order valence-electron chi connectivity index (χ1n) is 7.63. The van der Waals surface area contributed by atoms with E-state index in [-0.39, 0.29) is 26.2 Å². The zero-order valence-electron chi connectivity index (χ0n) is 13.3. The fraction of sp³-hybridized carbons (Fsp3) is 0.412. The average molecular weight is 305 g/mol. The zero-order chi connectivity index (χ0) is 16.1. The summed E-state index contributed by atoms with van der Waals surface area (Å²) < 4.78 is 1.21. The summed E-state index contributed by atoms with van der Waals surface area (Å²) in [5.74, 6) is 0.479. The standard InChI is InChI=1S/C17H23N3O2.2H2/c1-12(2)20-16(21)11-15(19-17(20)22)18-13(3)9-10-14-7-5-4-6-8-14;;/h4-8,11-13,18H,9-10H2,1-3H3,(H,19,22);2*1H/t13-;;/m0../s1. The molecule has 0 aliphatic rings. The van der Waals surface area contributed by atoms with Gasteiger partial charge in [0.25, 0.3) is 5.56 Å². The van der Waals surface area contributed by atoms with Crippen molar-refractivity contribution in [3.63, 3.8) is 0 Å². The van der Waals surface area contributed by atoms with E-state index in [1.165, 1.54) is 16.2 Å². The third-order valence-corrected chi connectivity index (χ3v) is 3.59. The highest BCUT2D eigenvalue weighted by molar-refractivity contribution is 5.33. The van der Waals surface area contributed by atoms with Gasteiger partial charge in [-0.05, 0) is 39.2 Å². The molecule has 0 unspecified atom stereocenters. The first-order valence-corrected chi connectivity index (χ1v) is 7.63. The van der Waals surface area contributed by atoms with E-state index >= 15 is 0 Å². The number of benzene rings is 1. The van der Waals surface area contributed by atoms with Gasteiger partial charge in [-0.15, -0.1) is 0 Å². The van der Waals surface area contributed by atoms with E-state index in [1.54, 1.807) is 0 Å². The minimum atomic E-state index is -0.375. The van der Waals surface area contributed by atoms with Crippen molar-refractivity contribution in [1.29, 1.82) is 0 Å². The number of hydrogen-bond donors (Lipinski definition) is 2. The molecular formula is C17H27N3O2. The maximum absolute atomic E-state index is 12.0. The van der Waals surface area contributed by atoms with Crippen LogP contribution in [0.25, 0.3) is 0 Å². The number of anilines is 1. The molecule has 1 aromatic carbocycles. The first-order chi connectivity index (χ1) is 10.5. The van der Waals surface area contributed by atoms with Crippen LogP contribution in [0.4, 0.5) is 5.82 Å². The van der Waals surface area contributed by atoms with Gasteiger partial charge < -0.3 is 5.32 Å². The van der Waals surface area contributed by atoms with Crippen molar-refractivity contribution in [2.24, 2.45) is 0 Å². The quantitative estimate of drug-likeness (QED) is 0.862. The van der Waals surface area contributed by atoms with Crippen LogP contribution in [0.5, 0.6) is 0 Å². The predicted molar refractivity (Wildman–Crippen MR) is 93.8 cm³/mol. The van der Waals surface area contributed by atoms with Gasteiger partial charge in [-0.2, -0.15) is 0 Å². The highest BCUT2D eigenvalue weighted by atomic mass is 16.2. The number of aromatic nitrogens is 2. The molecule has 0 saturated heterocycles. The van der Waals surface area contributed by atoms with E-state index in [0.29, 0.717) is 5.82 Å². The van der Waals surface area contributed by atoms with Crippen molar-refractivity contribution < 1.29 is 2.85 Å². The molecule has 0 radical (unpaired) electrons. The molecule has 0 bridgehead atoms. The molecule has 2 rings (SSSR count). The van der Waals surface area contributed by atoms with Gasteiger partial charge >= 0.3 is 5.69 Å². The average Bonchev–Trinajstić information content (AvgIpc) is 2.45. The van der Waals surface area contributed by atoms with Crippen molar-refractivity contribution in [1.82, 2.24) is 9.55 Å². The van der Waals surface area contributed by atoms with Crippen molar-refractivity contribution >= 4 is 5.82 Å². The summed E-state index contributed by atoms with van der Waals surface area (Å²) in [7, 11) is 0. The Bertz CT molecular complexity index is 695. The van der Waals surface area contributed by atoms with Gasteiger partial charge in [0.15, 0.2) is 0 Å². The summed E-state index contributed by atoms with van der Waals surface area (Å²) in [5, 5.41) is 3.19. The number of hydrogen-bond acceptors (Lipinski definition) is 3. The van der Waals surface area contributed by atoms with Gasteiger partial charge in [0.05, 0.1) is 0 Å². The van der Waals surface area contributed by atoms with Crippen LogP contribution in [0, 0.1) is 0 Å². The summed E-state index contributed by atoms with van der Waals surface area (Å²) in [6, 6.07) is 11.7. The fourth-order valence-corrected chi connectivity index (χ4v) is 2.44. The number of aromatic amines is 1. The monoisotopic (exact) mass is 305 g/mol. The summed E-state index contributed by atoms with van der Waals surface area (Å²) in [6.45, 7) is 5.66. The number of nitrogens with one attached hydrogen (secondary N) is 2. The predicted octanol–water partition coefficient (Wildman–Crippen LogP) is 3.04. The maximum atomic E-state index is 12.0. The number of nitrogens with zero attached hydrogens (tertiary/aromatic N) is 1. The minimum Gasteiger partial charge on any atom is -0.369 e. The molecule has 0 aliphatic heterocycles. The normalized spacial score (nSPS) is 12.4.